The van der Waals surface area contributed by atoms with Gasteiger partial charge in [-0.25, -0.2) is 0 Å². The number of rotatable bonds is 3. The summed E-state index contributed by atoms with van der Waals surface area (Å²) in [6.45, 7) is 2.23. The third-order valence-corrected chi connectivity index (χ3v) is 1.50. The van der Waals surface area contributed by atoms with Gasteiger partial charge in [-0.3, -0.25) is 0 Å². The molecule has 0 aromatic carbocycles. The maximum Gasteiger partial charge on any atom is 0 e. The number of halogens is 1. The molecule has 2 heteroatoms. The molecule has 0 atom stereocenters. The molecule has 0 bridgehead atoms. The van der Waals surface area contributed by atoms with E-state index in [1.165, 1.54) is 23.7 Å². The zero-order valence-corrected chi connectivity index (χ0v) is 10.0. The zero-order valence-electron chi connectivity index (χ0n) is 4.91. The SMILES string of the molecule is CCCCCI.[Zn]. The Morgan fingerprint density at radius 2 is 1.86 bits per heavy atom. The Labute approximate surface area is 72.3 Å². The third kappa shape index (κ3) is 11.1. The van der Waals surface area contributed by atoms with Crippen LogP contribution >= 0.6 is 22.6 Å². The molecule has 0 fully saturated rings. The number of hydrogen-bond acceptors (Lipinski definition) is 0. The first kappa shape index (κ1) is 11.2. The minimum atomic E-state index is 0. The van der Waals surface area contributed by atoms with Crippen LogP contribution in [0.2, 0.25) is 0 Å². The molecule has 0 unspecified atom stereocenters. The Bertz CT molecular complexity index is 20.0. The fourth-order valence-corrected chi connectivity index (χ4v) is 0.884. The van der Waals surface area contributed by atoms with Crippen LogP contribution in [-0.2, 0) is 19.5 Å². The molecule has 0 heterocycles. The summed E-state index contributed by atoms with van der Waals surface area (Å²) in [5, 5.41) is 0. The molecule has 0 spiro atoms. The van der Waals surface area contributed by atoms with Crippen LogP contribution < -0.4 is 0 Å². The fraction of sp³-hybridized carbons (Fsp3) is 1.00. The van der Waals surface area contributed by atoms with E-state index in [0.29, 0.717) is 0 Å². The van der Waals surface area contributed by atoms with Crippen LogP contribution in [0.25, 0.3) is 0 Å². The van der Waals surface area contributed by atoms with Gasteiger partial charge in [0.05, 0.1) is 0 Å². The average Bonchev–Trinajstić information content (AvgIpc) is 1.61. The van der Waals surface area contributed by atoms with Gasteiger partial charge < -0.3 is 0 Å². The Balaban J connectivity index is 0. The van der Waals surface area contributed by atoms with Crippen LogP contribution in [-0.4, -0.2) is 4.43 Å². The summed E-state index contributed by atoms with van der Waals surface area (Å²) in [7, 11) is 0. The van der Waals surface area contributed by atoms with E-state index < -0.39 is 0 Å². The maximum atomic E-state index is 2.41. The van der Waals surface area contributed by atoms with Gasteiger partial charge in [-0.2, -0.15) is 0 Å². The van der Waals surface area contributed by atoms with Crippen molar-refractivity contribution in [3.8, 4) is 0 Å². The predicted molar refractivity (Wildman–Crippen MR) is 38.4 cm³/mol. The van der Waals surface area contributed by atoms with E-state index in [9.17, 15) is 0 Å². The van der Waals surface area contributed by atoms with Gasteiger partial charge in [-0.15, -0.1) is 0 Å². The minimum absolute atomic E-state index is 0. The number of unbranched alkanes of at least 4 members (excludes halogenated alkanes) is 2. The topological polar surface area (TPSA) is 0 Å². The van der Waals surface area contributed by atoms with Crippen molar-refractivity contribution in [3.05, 3.63) is 0 Å². The molecule has 7 heavy (non-hydrogen) atoms. The molecular formula is C5H11IZn. The van der Waals surface area contributed by atoms with Crippen molar-refractivity contribution in [2.24, 2.45) is 0 Å². The Morgan fingerprint density at radius 3 is 2.00 bits per heavy atom. The van der Waals surface area contributed by atoms with Crippen molar-refractivity contribution in [2.75, 3.05) is 4.43 Å². The van der Waals surface area contributed by atoms with E-state index in [2.05, 4.69) is 29.5 Å². The van der Waals surface area contributed by atoms with Crippen LogP contribution in [0.4, 0.5) is 0 Å². The first-order chi connectivity index (χ1) is 2.91. The first-order valence-electron chi connectivity index (χ1n) is 2.47. The van der Waals surface area contributed by atoms with Gasteiger partial charge in [0.15, 0.2) is 0 Å². The second kappa shape index (κ2) is 10.4. The van der Waals surface area contributed by atoms with Gasteiger partial charge in [0.25, 0.3) is 0 Å². The Morgan fingerprint density at radius 1 is 1.29 bits per heavy atom. The van der Waals surface area contributed by atoms with Crippen LogP contribution in [0.5, 0.6) is 0 Å². The summed E-state index contributed by atoms with van der Waals surface area (Å²) >= 11 is 2.41. The van der Waals surface area contributed by atoms with E-state index >= 15 is 0 Å². The first-order valence-corrected chi connectivity index (χ1v) is 4.00. The predicted octanol–water partition coefficient (Wildman–Crippen LogP) is 2.61. The number of hydrogen-bond donors (Lipinski definition) is 0. The molecule has 0 aliphatic carbocycles. The monoisotopic (exact) mass is 262 g/mol. The van der Waals surface area contributed by atoms with E-state index in [0.717, 1.165) is 0 Å². The average molecular weight is 263 g/mol. The Hall–Kier alpha value is 1.35. The Kier molecular flexibility index (Phi) is 16.6. The molecule has 0 aliphatic heterocycles. The molecule has 0 saturated heterocycles. The zero-order chi connectivity index (χ0) is 4.83. The summed E-state index contributed by atoms with van der Waals surface area (Å²) in [5.41, 5.74) is 0. The fourth-order valence-electron chi connectivity index (χ4n) is 0.344. The van der Waals surface area contributed by atoms with E-state index in [4.69, 9.17) is 0 Å². The van der Waals surface area contributed by atoms with Gasteiger partial charge in [0, 0.05) is 19.5 Å². The van der Waals surface area contributed by atoms with Crippen molar-refractivity contribution >= 4 is 22.6 Å². The van der Waals surface area contributed by atoms with Crippen molar-refractivity contribution in [1.29, 1.82) is 0 Å². The van der Waals surface area contributed by atoms with Crippen LogP contribution in [0.1, 0.15) is 26.2 Å². The van der Waals surface area contributed by atoms with Crippen molar-refractivity contribution < 1.29 is 19.5 Å². The normalized spacial score (nSPS) is 7.71. The molecule has 0 aromatic heterocycles. The summed E-state index contributed by atoms with van der Waals surface area (Å²) in [4.78, 5) is 0. The summed E-state index contributed by atoms with van der Waals surface area (Å²) in [6.07, 6.45) is 4.16. The standard InChI is InChI=1S/C5H11I.Zn/c1-2-3-4-5-6;/h2-5H2,1H3;. The third-order valence-electron chi connectivity index (χ3n) is 0.737. The molecule has 0 amide bonds. The van der Waals surface area contributed by atoms with Crippen LogP contribution in [0.3, 0.4) is 0 Å². The maximum absolute atomic E-state index is 2.41. The second-order valence-electron chi connectivity index (χ2n) is 1.40. The van der Waals surface area contributed by atoms with E-state index in [1.807, 2.05) is 0 Å². The summed E-state index contributed by atoms with van der Waals surface area (Å²) < 4.78 is 1.32. The van der Waals surface area contributed by atoms with Gasteiger partial charge in [-0.1, -0.05) is 42.4 Å². The second-order valence-corrected chi connectivity index (χ2v) is 2.47. The van der Waals surface area contributed by atoms with Gasteiger partial charge in [0.2, 0.25) is 0 Å². The molecule has 0 saturated carbocycles. The van der Waals surface area contributed by atoms with Gasteiger partial charge in [-0.05, 0) is 10.8 Å². The largest absolute Gasteiger partial charge is 0.0864 e. The quantitative estimate of drug-likeness (QED) is 0.318. The number of alkyl halides is 1. The van der Waals surface area contributed by atoms with Crippen molar-refractivity contribution in [3.63, 3.8) is 0 Å². The van der Waals surface area contributed by atoms with Crippen LogP contribution in [0, 0.1) is 0 Å². The van der Waals surface area contributed by atoms with Gasteiger partial charge >= 0.3 is 0 Å². The molecule has 0 radical (unpaired) electrons. The van der Waals surface area contributed by atoms with Gasteiger partial charge in [0.1, 0.15) is 0 Å². The van der Waals surface area contributed by atoms with Crippen LogP contribution in [0.15, 0.2) is 0 Å². The molecule has 0 rings (SSSR count). The molecule has 0 aliphatic rings. The molecule has 0 nitrogen and oxygen atoms in total. The molecule has 40 valence electrons. The minimum Gasteiger partial charge on any atom is -0.0864 e. The van der Waals surface area contributed by atoms with Crippen molar-refractivity contribution in [2.45, 2.75) is 26.2 Å². The van der Waals surface area contributed by atoms with E-state index in [1.54, 1.807) is 0 Å². The molecule has 0 N–H and O–H groups in total. The smallest absolute Gasteiger partial charge is 0 e. The van der Waals surface area contributed by atoms with E-state index in [-0.39, 0.29) is 19.5 Å². The summed E-state index contributed by atoms with van der Waals surface area (Å²) in [5.74, 6) is 0. The molecule has 0 aromatic rings. The summed E-state index contributed by atoms with van der Waals surface area (Å²) in [6, 6.07) is 0. The molecular weight excluding hydrogens is 252 g/mol. The van der Waals surface area contributed by atoms with Crippen molar-refractivity contribution in [1.82, 2.24) is 0 Å².